The van der Waals surface area contributed by atoms with Crippen LogP contribution in [0.25, 0.3) is 11.1 Å². The molecule has 0 saturated heterocycles. The number of anilines is 1. The van der Waals surface area contributed by atoms with Gasteiger partial charge in [-0.25, -0.2) is 18.4 Å². The number of halogens is 2. The number of fused-ring (bicyclic) bond motifs is 1. The predicted molar refractivity (Wildman–Crippen MR) is 118 cm³/mol. The van der Waals surface area contributed by atoms with Crippen LogP contribution in [-0.2, 0) is 16.8 Å². The van der Waals surface area contributed by atoms with Crippen molar-refractivity contribution >= 4 is 17.7 Å². The Morgan fingerprint density at radius 2 is 2.06 bits per heavy atom. The Kier molecular flexibility index (Phi) is 6.20. The molecule has 1 unspecified atom stereocenters. The second-order valence-electron chi connectivity index (χ2n) is 8.13. The van der Waals surface area contributed by atoms with E-state index in [0.717, 1.165) is 17.7 Å². The van der Waals surface area contributed by atoms with Crippen molar-refractivity contribution in [3.05, 3.63) is 65.5 Å². The standard InChI is InChI=1S/C23H22F2N4O5/c1-23(12-30,15-5-16(24)7-17(6-15)34-11-21(31)32)28-22(33)29-3-2-13-4-18(14-9-26-27-10-14)19(25)8-20(13)29/h4-10,30H,2-3,11-12H2,1H3,(H,26,27)(H,28,33)(H,31,32). The van der Waals surface area contributed by atoms with E-state index >= 15 is 0 Å². The van der Waals surface area contributed by atoms with Crippen LogP contribution in [0, 0.1) is 11.6 Å². The fraction of sp³-hybridized carbons (Fsp3) is 0.261. The van der Waals surface area contributed by atoms with Crippen LogP contribution in [0.4, 0.5) is 19.3 Å². The topological polar surface area (TPSA) is 128 Å². The van der Waals surface area contributed by atoms with Crippen LogP contribution in [0.5, 0.6) is 5.75 Å². The monoisotopic (exact) mass is 472 g/mol. The molecule has 178 valence electrons. The molecule has 4 rings (SSSR count). The largest absolute Gasteiger partial charge is 0.482 e. The second-order valence-corrected chi connectivity index (χ2v) is 8.13. The number of H-pyrrole nitrogens is 1. The summed E-state index contributed by atoms with van der Waals surface area (Å²) in [6.07, 6.45) is 3.57. The molecule has 0 radical (unpaired) electrons. The number of carboxylic acids is 1. The Labute approximate surface area is 193 Å². The lowest BCUT2D eigenvalue weighted by Crippen LogP contribution is -2.51. The first-order chi connectivity index (χ1) is 16.2. The van der Waals surface area contributed by atoms with E-state index in [1.54, 1.807) is 12.3 Å². The van der Waals surface area contributed by atoms with Crippen LogP contribution in [-0.4, -0.2) is 52.2 Å². The minimum Gasteiger partial charge on any atom is -0.482 e. The van der Waals surface area contributed by atoms with E-state index < -0.39 is 42.4 Å². The first-order valence-electron chi connectivity index (χ1n) is 10.4. The van der Waals surface area contributed by atoms with Crippen molar-refractivity contribution in [3.63, 3.8) is 0 Å². The number of carbonyl (C=O) groups is 2. The fourth-order valence-corrected chi connectivity index (χ4v) is 3.86. The lowest BCUT2D eigenvalue weighted by Gasteiger charge is -2.32. The van der Waals surface area contributed by atoms with Crippen molar-refractivity contribution in [3.8, 4) is 16.9 Å². The van der Waals surface area contributed by atoms with Crippen LogP contribution in [0.1, 0.15) is 18.1 Å². The van der Waals surface area contributed by atoms with E-state index in [1.165, 1.54) is 30.2 Å². The lowest BCUT2D eigenvalue weighted by atomic mass is 9.92. The maximum absolute atomic E-state index is 14.8. The van der Waals surface area contributed by atoms with E-state index in [9.17, 15) is 23.5 Å². The van der Waals surface area contributed by atoms with Crippen LogP contribution < -0.4 is 15.0 Å². The predicted octanol–water partition coefficient (Wildman–Crippen LogP) is 2.80. The molecular weight excluding hydrogens is 450 g/mol. The number of carboxylic acid groups (broad SMARTS) is 1. The van der Waals surface area contributed by atoms with Gasteiger partial charge in [-0.1, -0.05) is 0 Å². The van der Waals surface area contributed by atoms with E-state index in [2.05, 4.69) is 15.5 Å². The smallest absolute Gasteiger partial charge is 0.341 e. The molecule has 2 heterocycles. The molecule has 2 amide bonds. The van der Waals surface area contributed by atoms with Gasteiger partial charge in [0.2, 0.25) is 0 Å². The van der Waals surface area contributed by atoms with Gasteiger partial charge < -0.3 is 20.3 Å². The number of ether oxygens (including phenoxy) is 1. The molecule has 0 spiro atoms. The summed E-state index contributed by atoms with van der Waals surface area (Å²) >= 11 is 0. The maximum Gasteiger partial charge on any atom is 0.341 e. The van der Waals surface area contributed by atoms with Gasteiger partial charge in [0.05, 0.1) is 24.0 Å². The maximum atomic E-state index is 14.8. The van der Waals surface area contributed by atoms with E-state index in [4.69, 9.17) is 9.84 Å². The number of aliphatic carboxylic acids is 1. The summed E-state index contributed by atoms with van der Waals surface area (Å²) in [6.45, 7) is 0.504. The van der Waals surface area contributed by atoms with Crippen LogP contribution in [0.2, 0.25) is 0 Å². The molecule has 0 saturated carbocycles. The van der Waals surface area contributed by atoms with Gasteiger partial charge in [0.25, 0.3) is 0 Å². The molecule has 0 aliphatic carbocycles. The van der Waals surface area contributed by atoms with Crippen molar-refractivity contribution in [2.45, 2.75) is 18.9 Å². The van der Waals surface area contributed by atoms with E-state index in [1.807, 2.05) is 0 Å². The molecule has 9 nitrogen and oxygen atoms in total. The average molecular weight is 472 g/mol. The zero-order valence-corrected chi connectivity index (χ0v) is 18.1. The summed E-state index contributed by atoms with van der Waals surface area (Å²) in [5.41, 5.74) is 0.857. The van der Waals surface area contributed by atoms with Gasteiger partial charge in [-0.15, -0.1) is 0 Å². The number of nitrogens with one attached hydrogen (secondary N) is 2. The third kappa shape index (κ3) is 4.55. The number of hydrogen-bond acceptors (Lipinski definition) is 5. The van der Waals surface area contributed by atoms with Crippen molar-refractivity contribution < 1.29 is 33.3 Å². The summed E-state index contributed by atoms with van der Waals surface area (Å²) in [4.78, 5) is 25.2. The number of hydrogen-bond donors (Lipinski definition) is 4. The molecule has 2 aromatic carbocycles. The van der Waals surface area contributed by atoms with Crippen LogP contribution in [0.15, 0.2) is 42.7 Å². The number of aliphatic hydroxyl groups excluding tert-OH is 1. The molecular formula is C23H22F2N4O5. The minimum absolute atomic E-state index is 0.0633. The number of carbonyl (C=O) groups excluding carboxylic acids is 1. The zero-order valence-electron chi connectivity index (χ0n) is 18.1. The van der Waals surface area contributed by atoms with Crippen LogP contribution in [0.3, 0.4) is 0 Å². The number of aromatic nitrogens is 2. The Balaban J connectivity index is 1.58. The van der Waals surface area contributed by atoms with E-state index in [0.29, 0.717) is 23.2 Å². The Hall–Kier alpha value is -3.99. The third-order valence-electron chi connectivity index (χ3n) is 5.69. The summed E-state index contributed by atoms with van der Waals surface area (Å²) < 4.78 is 34.0. The van der Waals surface area contributed by atoms with Crippen molar-refractivity contribution in [1.29, 1.82) is 0 Å². The van der Waals surface area contributed by atoms with Gasteiger partial charge in [-0.05, 0) is 48.7 Å². The van der Waals surface area contributed by atoms with Crippen molar-refractivity contribution in [2.24, 2.45) is 0 Å². The number of aliphatic hydroxyl groups is 1. The van der Waals surface area contributed by atoms with Crippen molar-refractivity contribution in [2.75, 3.05) is 24.7 Å². The van der Waals surface area contributed by atoms with Gasteiger partial charge in [0.15, 0.2) is 6.61 Å². The first-order valence-corrected chi connectivity index (χ1v) is 10.4. The quantitative estimate of drug-likeness (QED) is 0.419. The minimum atomic E-state index is -1.43. The molecule has 11 heteroatoms. The summed E-state index contributed by atoms with van der Waals surface area (Å²) in [7, 11) is 0. The lowest BCUT2D eigenvalue weighted by molar-refractivity contribution is -0.139. The van der Waals surface area contributed by atoms with Crippen LogP contribution >= 0.6 is 0 Å². The first kappa shape index (κ1) is 23.2. The number of rotatable bonds is 7. The molecule has 34 heavy (non-hydrogen) atoms. The Morgan fingerprint density at radius 3 is 2.74 bits per heavy atom. The Bertz CT molecular complexity index is 1230. The van der Waals surface area contributed by atoms with Gasteiger partial charge in [-0.2, -0.15) is 5.10 Å². The van der Waals surface area contributed by atoms with E-state index in [-0.39, 0.29) is 17.9 Å². The third-order valence-corrected chi connectivity index (χ3v) is 5.69. The molecule has 3 aromatic rings. The SMILES string of the molecule is CC(CO)(NC(=O)N1CCc2cc(-c3cn[nH]c3)c(F)cc21)c1cc(F)cc(OCC(=O)O)c1. The van der Waals surface area contributed by atoms with Gasteiger partial charge >= 0.3 is 12.0 Å². The molecule has 4 N–H and O–H groups in total. The summed E-state index contributed by atoms with van der Waals surface area (Å²) in [5, 5.41) is 28.0. The molecule has 0 fully saturated rings. The summed E-state index contributed by atoms with van der Waals surface area (Å²) in [6, 6.07) is 5.80. The van der Waals surface area contributed by atoms with Crippen molar-refractivity contribution in [1.82, 2.24) is 15.5 Å². The number of amides is 2. The Morgan fingerprint density at radius 1 is 1.26 bits per heavy atom. The summed E-state index contributed by atoms with van der Waals surface area (Å²) in [5.74, 6) is -2.55. The number of aromatic amines is 1. The molecule has 1 atom stereocenters. The highest BCUT2D eigenvalue weighted by molar-refractivity contribution is 5.95. The molecule has 1 aliphatic rings. The van der Waals surface area contributed by atoms with Gasteiger partial charge in [0.1, 0.15) is 17.4 Å². The highest BCUT2D eigenvalue weighted by Gasteiger charge is 2.34. The van der Waals surface area contributed by atoms with Gasteiger partial charge in [-0.3, -0.25) is 10.00 Å². The van der Waals surface area contributed by atoms with Gasteiger partial charge in [0, 0.05) is 29.9 Å². The number of nitrogens with zero attached hydrogens (tertiary/aromatic N) is 2. The number of benzene rings is 2. The normalized spacial score (nSPS) is 14.4. The molecule has 1 aromatic heterocycles. The average Bonchev–Trinajstić information content (AvgIpc) is 3.46. The highest BCUT2D eigenvalue weighted by atomic mass is 19.1. The molecule has 0 bridgehead atoms. The highest BCUT2D eigenvalue weighted by Crippen LogP contribution is 2.35. The fourth-order valence-electron chi connectivity index (χ4n) is 3.86. The molecule has 1 aliphatic heterocycles. The second kappa shape index (κ2) is 9.10. The zero-order chi connectivity index (χ0) is 24.5. The number of urea groups is 1.